The number of oxazole rings is 1. The second-order valence-corrected chi connectivity index (χ2v) is 6.32. The first-order valence-electron chi connectivity index (χ1n) is 8.65. The number of pyridine rings is 1. The molecule has 2 aromatic heterocycles. The minimum Gasteiger partial charge on any atom is -0.422 e. The number of nitrogens with zero attached hydrogens (tertiary/aromatic N) is 2. The SMILES string of the molecule is Fc1ccc(Nc2nc3c(-c4cccc(F)c4)nc4ccccc4c3o2)cc1. The number of para-hydroxylation sites is 1. The van der Waals surface area contributed by atoms with Crippen LogP contribution in [0.25, 0.3) is 33.3 Å². The van der Waals surface area contributed by atoms with Crippen LogP contribution in [0.4, 0.5) is 20.5 Å². The van der Waals surface area contributed by atoms with Crippen LogP contribution in [0.2, 0.25) is 0 Å². The van der Waals surface area contributed by atoms with E-state index in [1.54, 1.807) is 24.3 Å². The first kappa shape index (κ1) is 16.4. The van der Waals surface area contributed by atoms with Gasteiger partial charge in [-0.25, -0.2) is 13.8 Å². The molecule has 5 rings (SSSR count). The van der Waals surface area contributed by atoms with E-state index in [9.17, 15) is 8.78 Å². The Kier molecular flexibility index (Phi) is 3.76. The van der Waals surface area contributed by atoms with Gasteiger partial charge in [-0.2, -0.15) is 4.98 Å². The zero-order valence-electron chi connectivity index (χ0n) is 14.5. The zero-order chi connectivity index (χ0) is 19.1. The molecule has 1 N–H and O–H groups in total. The Morgan fingerprint density at radius 3 is 2.43 bits per heavy atom. The van der Waals surface area contributed by atoms with Gasteiger partial charge in [-0.3, -0.25) is 0 Å². The van der Waals surface area contributed by atoms with Gasteiger partial charge in [-0.1, -0.05) is 24.3 Å². The highest BCUT2D eigenvalue weighted by Crippen LogP contribution is 2.34. The van der Waals surface area contributed by atoms with Crippen LogP contribution < -0.4 is 5.32 Å². The molecule has 0 aliphatic carbocycles. The average Bonchev–Trinajstić information content (AvgIpc) is 3.13. The predicted octanol–water partition coefficient (Wildman–Crippen LogP) is 6.06. The van der Waals surface area contributed by atoms with Gasteiger partial charge in [0.2, 0.25) is 0 Å². The van der Waals surface area contributed by atoms with Gasteiger partial charge in [0, 0.05) is 16.6 Å². The van der Waals surface area contributed by atoms with Crippen molar-refractivity contribution in [3.8, 4) is 11.3 Å². The summed E-state index contributed by atoms with van der Waals surface area (Å²) < 4.78 is 32.9. The summed E-state index contributed by atoms with van der Waals surface area (Å²) in [6.45, 7) is 0. The van der Waals surface area contributed by atoms with Crippen molar-refractivity contribution >= 4 is 33.7 Å². The molecule has 0 aliphatic heterocycles. The van der Waals surface area contributed by atoms with Crippen molar-refractivity contribution in [1.82, 2.24) is 9.97 Å². The molecule has 2 heterocycles. The predicted molar refractivity (Wildman–Crippen MR) is 104 cm³/mol. The van der Waals surface area contributed by atoms with E-state index in [2.05, 4.69) is 15.3 Å². The summed E-state index contributed by atoms with van der Waals surface area (Å²) in [6, 6.07) is 19.9. The quantitative estimate of drug-likeness (QED) is 0.417. The van der Waals surface area contributed by atoms with Crippen LogP contribution in [0.5, 0.6) is 0 Å². The highest BCUT2D eigenvalue weighted by molar-refractivity contribution is 6.06. The van der Waals surface area contributed by atoms with Crippen LogP contribution in [0.3, 0.4) is 0 Å². The average molecular weight is 373 g/mol. The summed E-state index contributed by atoms with van der Waals surface area (Å²) >= 11 is 0. The number of rotatable bonds is 3. The third-order valence-electron chi connectivity index (χ3n) is 4.43. The lowest BCUT2D eigenvalue weighted by molar-refractivity contribution is 0.623. The highest BCUT2D eigenvalue weighted by atomic mass is 19.1. The van der Waals surface area contributed by atoms with Gasteiger partial charge in [0.15, 0.2) is 5.58 Å². The number of hydrogen-bond donors (Lipinski definition) is 1. The molecule has 0 spiro atoms. The summed E-state index contributed by atoms with van der Waals surface area (Å²) in [5, 5.41) is 3.83. The lowest BCUT2D eigenvalue weighted by atomic mass is 10.1. The van der Waals surface area contributed by atoms with Gasteiger partial charge >= 0.3 is 0 Å². The minimum absolute atomic E-state index is 0.248. The number of halogens is 2. The van der Waals surface area contributed by atoms with Gasteiger partial charge in [-0.15, -0.1) is 0 Å². The Labute approximate surface area is 158 Å². The lowest BCUT2D eigenvalue weighted by Gasteiger charge is -2.04. The number of anilines is 2. The summed E-state index contributed by atoms with van der Waals surface area (Å²) in [5.41, 5.74) is 3.57. The smallest absolute Gasteiger partial charge is 0.300 e. The van der Waals surface area contributed by atoms with E-state index in [0.717, 1.165) is 10.9 Å². The van der Waals surface area contributed by atoms with E-state index in [1.807, 2.05) is 24.3 Å². The van der Waals surface area contributed by atoms with Crippen molar-refractivity contribution in [1.29, 1.82) is 0 Å². The lowest BCUT2D eigenvalue weighted by Crippen LogP contribution is -1.91. The Hall–Kier alpha value is -3.80. The van der Waals surface area contributed by atoms with E-state index in [-0.39, 0.29) is 17.6 Å². The summed E-state index contributed by atoms with van der Waals surface area (Å²) in [4.78, 5) is 9.21. The molecule has 5 aromatic rings. The molecule has 0 amide bonds. The summed E-state index contributed by atoms with van der Waals surface area (Å²) in [6.07, 6.45) is 0. The Bertz CT molecular complexity index is 1310. The molecule has 0 fully saturated rings. The molecular weight excluding hydrogens is 360 g/mol. The third-order valence-corrected chi connectivity index (χ3v) is 4.43. The van der Waals surface area contributed by atoms with Gasteiger partial charge in [0.05, 0.1) is 5.52 Å². The standard InChI is InChI=1S/C22H13F2N3O/c23-14-8-10-16(11-9-14)25-22-27-20-19(13-4-3-5-15(24)12-13)26-18-7-2-1-6-17(18)21(20)28-22/h1-12H,(H,25,27). The highest BCUT2D eigenvalue weighted by Gasteiger charge is 2.17. The van der Waals surface area contributed by atoms with E-state index in [1.165, 1.54) is 24.3 Å². The van der Waals surface area contributed by atoms with Crippen molar-refractivity contribution in [2.24, 2.45) is 0 Å². The number of nitrogens with one attached hydrogen (secondary N) is 1. The third kappa shape index (κ3) is 2.85. The van der Waals surface area contributed by atoms with Gasteiger partial charge in [-0.05, 0) is 48.5 Å². The van der Waals surface area contributed by atoms with Crippen molar-refractivity contribution in [2.45, 2.75) is 0 Å². The molecule has 4 nitrogen and oxygen atoms in total. The van der Waals surface area contributed by atoms with Crippen LogP contribution in [0.1, 0.15) is 0 Å². The molecule has 0 saturated carbocycles. The Balaban J connectivity index is 1.72. The fraction of sp³-hybridized carbons (Fsp3) is 0. The molecule has 28 heavy (non-hydrogen) atoms. The second-order valence-electron chi connectivity index (χ2n) is 6.32. The molecule has 6 heteroatoms. The summed E-state index contributed by atoms with van der Waals surface area (Å²) in [7, 11) is 0. The van der Waals surface area contributed by atoms with E-state index >= 15 is 0 Å². The monoisotopic (exact) mass is 373 g/mol. The van der Waals surface area contributed by atoms with Crippen LogP contribution >= 0.6 is 0 Å². The number of benzene rings is 3. The first-order chi connectivity index (χ1) is 13.7. The molecular formula is C22H13F2N3O. The van der Waals surface area contributed by atoms with Crippen molar-refractivity contribution < 1.29 is 13.2 Å². The van der Waals surface area contributed by atoms with Gasteiger partial charge < -0.3 is 9.73 Å². The van der Waals surface area contributed by atoms with Gasteiger partial charge in [0.1, 0.15) is 22.8 Å². The molecule has 0 aliphatic rings. The fourth-order valence-electron chi connectivity index (χ4n) is 3.15. The molecule has 0 atom stereocenters. The topological polar surface area (TPSA) is 51.0 Å². The largest absolute Gasteiger partial charge is 0.422 e. The van der Waals surface area contributed by atoms with E-state index < -0.39 is 0 Å². The first-order valence-corrected chi connectivity index (χ1v) is 8.65. The maximum Gasteiger partial charge on any atom is 0.300 e. The molecule has 0 bridgehead atoms. The summed E-state index contributed by atoms with van der Waals surface area (Å²) in [5.74, 6) is -0.680. The van der Waals surface area contributed by atoms with E-state index in [4.69, 9.17) is 4.42 Å². The van der Waals surface area contributed by atoms with Crippen LogP contribution in [0, 0.1) is 11.6 Å². The van der Waals surface area contributed by atoms with Crippen LogP contribution in [0.15, 0.2) is 77.2 Å². The van der Waals surface area contributed by atoms with E-state index in [0.29, 0.717) is 28.0 Å². The molecule has 136 valence electrons. The molecule has 0 saturated heterocycles. The zero-order valence-corrected chi connectivity index (χ0v) is 14.5. The second kappa shape index (κ2) is 6.42. The number of aromatic nitrogens is 2. The fourth-order valence-corrected chi connectivity index (χ4v) is 3.15. The maximum absolute atomic E-state index is 13.8. The van der Waals surface area contributed by atoms with Crippen molar-refractivity contribution in [3.63, 3.8) is 0 Å². The molecule has 0 unspecified atom stereocenters. The number of hydrogen-bond acceptors (Lipinski definition) is 4. The molecule has 0 radical (unpaired) electrons. The Morgan fingerprint density at radius 1 is 0.786 bits per heavy atom. The van der Waals surface area contributed by atoms with Gasteiger partial charge in [0.25, 0.3) is 6.01 Å². The number of fused-ring (bicyclic) bond motifs is 3. The van der Waals surface area contributed by atoms with Crippen LogP contribution in [-0.2, 0) is 0 Å². The normalized spacial score (nSPS) is 11.2. The van der Waals surface area contributed by atoms with Crippen LogP contribution in [-0.4, -0.2) is 9.97 Å². The minimum atomic E-state index is -0.353. The van der Waals surface area contributed by atoms with Crippen molar-refractivity contribution in [2.75, 3.05) is 5.32 Å². The van der Waals surface area contributed by atoms with Crippen molar-refractivity contribution in [3.05, 3.63) is 84.4 Å². The maximum atomic E-state index is 13.8. The Morgan fingerprint density at radius 2 is 1.61 bits per heavy atom. The molecule has 3 aromatic carbocycles.